The summed E-state index contributed by atoms with van der Waals surface area (Å²) in [6, 6.07) is 23.1. The van der Waals surface area contributed by atoms with E-state index >= 15 is 0 Å². The number of aromatic nitrogens is 3. The lowest BCUT2D eigenvalue weighted by atomic mass is 9.98. The molecule has 5 rings (SSSR count). The molecule has 3 aromatic carbocycles. The SMILES string of the molecule is CN(NC(=O)OCC1c2ccccc2-c2ccccc21)C(=O)On1nnc2ccccc21. The maximum atomic E-state index is 12.3. The predicted molar refractivity (Wildman–Crippen MR) is 115 cm³/mol. The summed E-state index contributed by atoms with van der Waals surface area (Å²) in [5.74, 6) is -0.0769. The molecular formula is C23H19N5O4. The highest BCUT2D eigenvalue weighted by Crippen LogP contribution is 2.44. The first-order valence-electron chi connectivity index (χ1n) is 10.00. The molecule has 1 aromatic heterocycles. The van der Waals surface area contributed by atoms with Gasteiger partial charge in [0, 0.05) is 13.0 Å². The van der Waals surface area contributed by atoms with Crippen LogP contribution in [0.25, 0.3) is 22.2 Å². The van der Waals surface area contributed by atoms with E-state index in [1.54, 1.807) is 24.3 Å². The quantitative estimate of drug-likeness (QED) is 0.396. The molecule has 0 bridgehead atoms. The van der Waals surface area contributed by atoms with Crippen molar-refractivity contribution < 1.29 is 19.2 Å². The van der Waals surface area contributed by atoms with Crippen LogP contribution in [0, 0.1) is 0 Å². The van der Waals surface area contributed by atoms with Crippen molar-refractivity contribution in [2.75, 3.05) is 13.7 Å². The lowest BCUT2D eigenvalue weighted by molar-refractivity contribution is 0.0658. The van der Waals surface area contributed by atoms with Gasteiger partial charge < -0.3 is 4.74 Å². The van der Waals surface area contributed by atoms with Gasteiger partial charge in [-0.3, -0.25) is 4.84 Å². The van der Waals surface area contributed by atoms with Crippen molar-refractivity contribution in [2.45, 2.75) is 5.92 Å². The molecule has 9 nitrogen and oxygen atoms in total. The average molecular weight is 429 g/mol. The summed E-state index contributed by atoms with van der Waals surface area (Å²) in [6.45, 7) is 0.135. The molecule has 0 fully saturated rings. The second-order valence-corrected chi connectivity index (χ2v) is 7.30. The number of amides is 2. The van der Waals surface area contributed by atoms with E-state index < -0.39 is 12.2 Å². The zero-order chi connectivity index (χ0) is 22.1. The molecular weight excluding hydrogens is 410 g/mol. The first kappa shape index (κ1) is 19.6. The molecule has 0 aliphatic heterocycles. The highest BCUT2D eigenvalue weighted by atomic mass is 16.7. The first-order valence-corrected chi connectivity index (χ1v) is 10.00. The second kappa shape index (κ2) is 8.03. The Labute approximate surface area is 183 Å². The van der Waals surface area contributed by atoms with Gasteiger partial charge in [0.15, 0.2) is 0 Å². The standard InChI is InChI=1S/C23H19N5O4/c1-27(23(30)32-28-21-13-7-6-12-20(21)24-26-28)25-22(29)31-14-19-17-10-4-2-8-15(17)16-9-3-5-11-18(16)19/h2-13,19H,14H2,1H3,(H,25,29). The summed E-state index contributed by atoms with van der Waals surface area (Å²) in [7, 11) is 1.35. The maximum absolute atomic E-state index is 12.3. The monoisotopic (exact) mass is 429 g/mol. The Hall–Kier alpha value is -4.40. The van der Waals surface area contributed by atoms with Crippen molar-refractivity contribution >= 4 is 23.2 Å². The van der Waals surface area contributed by atoms with Crippen LogP contribution in [0.2, 0.25) is 0 Å². The van der Waals surface area contributed by atoms with Gasteiger partial charge >= 0.3 is 12.2 Å². The summed E-state index contributed by atoms with van der Waals surface area (Å²) in [6.07, 6.45) is -1.62. The number of hydrogen-bond donors (Lipinski definition) is 1. The van der Waals surface area contributed by atoms with Crippen LogP contribution in [0.4, 0.5) is 9.59 Å². The van der Waals surface area contributed by atoms with Crippen molar-refractivity contribution in [2.24, 2.45) is 0 Å². The van der Waals surface area contributed by atoms with E-state index in [-0.39, 0.29) is 12.5 Å². The van der Waals surface area contributed by atoms with Crippen molar-refractivity contribution in [3.63, 3.8) is 0 Å². The van der Waals surface area contributed by atoms with Gasteiger partial charge in [-0.15, -0.1) is 5.10 Å². The molecule has 1 aliphatic rings. The highest BCUT2D eigenvalue weighted by molar-refractivity contribution is 5.79. The summed E-state index contributed by atoms with van der Waals surface area (Å²) >= 11 is 0. The Balaban J connectivity index is 1.21. The Morgan fingerprint density at radius 1 is 0.969 bits per heavy atom. The van der Waals surface area contributed by atoms with Crippen LogP contribution >= 0.6 is 0 Å². The minimum atomic E-state index is -0.853. The smallest absolute Gasteiger partial charge is 0.447 e. The molecule has 1 heterocycles. The summed E-state index contributed by atoms with van der Waals surface area (Å²) in [4.78, 5) is 30.8. The highest BCUT2D eigenvalue weighted by Gasteiger charge is 2.29. The van der Waals surface area contributed by atoms with Crippen molar-refractivity contribution in [3.8, 4) is 11.1 Å². The Kier molecular flexibility index (Phi) is 4.91. The number of hydrazine groups is 1. The van der Waals surface area contributed by atoms with Crippen LogP contribution < -0.4 is 10.3 Å². The molecule has 0 unspecified atom stereocenters. The maximum Gasteiger partial charge on any atom is 0.454 e. The summed E-state index contributed by atoms with van der Waals surface area (Å²) < 4.78 is 5.43. The van der Waals surface area contributed by atoms with E-state index in [4.69, 9.17) is 9.57 Å². The number of carbonyl (C=O) groups excluding carboxylic acids is 2. The van der Waals surface area contributed by atoms with Crippen molar-refractivity contribution in [3.05, 3.63) is 83.9 Å². The fourth-order valence-electron chi connectivity index (χ4n) is 3.86. The van der Waals surface area contributed by atoms with E-state index in [0.29, 0.717) is 11.0 Å². The number of ether oxygens (including phenoxy) is 1. The van der Waals surface area contributed by atoms with Crippen molar-refractivity contribution in [1.29, 1.82) is 0 Å². The molecule has 2 amide bonds. The van der Waals surface area contributed by atoms with Gasteiger partial charge in [-0.2, -0.15) is 0 Å². The topological polar surface area (TPSA) is 98.6 Å². The minimum absolute atomic E-state index is 0.0769. The molecule has 0 saturated carbocycles. The number of nitrogens with zero attached hydrogens (tertiary/aromatic N) is 4. The second-order valence-electron chi connectivity index (χ2n) is 7.30. The fourth-order valence-corrected chi connectivity index (χ4v) is 3.86. The average Bonchev–Trinajstić information content (AvgIpc) is 3.37. The van der Waals surface area contributed by atoms with Gasteiger partial charge in [0.1, 0.15) is 17.6 Å². The van der Waals surface area contributed by atoms with Crippen LogP contribution in [0.3, 0.4) is 0 Å². The Morgan fingerprint density at radius 3 is 2.31 bits per heavy atom. The van der Waals surface area contributed by atoms with E-state index in [1.165, 1.54) is 7.05 Å². The number of nitrogens with one attached hydrogen (secondary N) is 1. The Bertz CT molecular complexity index is 1270. The Morgan fingerprint density at radius 2 is 1.59 bits per heavy atom. The third-order valence-corrected chi connectivity index (χ3v) is 5.36. The van der Waals surface area contributed by atoms with Crippen LogP contribution in [0.15, 0.2) is 72.8 Å². The molecule has 1 aliphatic carbocycles. The van der Waals surface area contributed by atoms with E-state index in [2.05, 4.69) is 27.9 Å². The zero-order valence-electron chi connectivity index (χ0n) is 17.1. The number of para-hydroxylation sites is 1. The molecule has 0 atom stereocenters. The molecule has 1 N–H and O–H groups in total. The first-order chi connectivity index (χ1) is 15.6. The lowest BCUT2D eigenvalue weighted by Crippen LogP contribution is -2.47. The summed E-state index contributed by atoms with van der Waals surface area (Å²) in [5, 5.41) is 8.57. The number of rotatable bonds is 3. The fraction of sp³-hybridized carbons (Fsp3) is 0.130. The third kappa shape index (κ3) is 3.49. The van der Waals surface area contributed by atoms with Gasteiger partial charge in [-0.05, 0) is 39.6 Å². The normalized spacial score (nSPS) is 12.2. The van der Waals surface area contributed by atoms with Gasteiger partial charge in [-0.1, -0.05) is 65.5 Å². The van der Waals surface area contributed by atoms with Gasteiger partial charge in [0.2, 0.25) is 0 Å². The number of benzene rings is 3. The minimum Gasteiger partial charge on any atom is -0.447 e. The van der Waals surface area contributed by atoms with Crippen LogP contribution in [0.1, 0.15) is 17.0 Å². The van der Waals surface area contributed by atoms with Crippen LogP contribution in [0.5, 0.6) is 0 Å². The van der Waals surface area contributed by atoms with E-state index in [0.717, 1.165) is 32.1 Å². The molecule has 4 aromatic rings. The van der Waals surface area contributed by atoms with Gasteiger partial charge in [-0.25, -0.2) is 20.0 Å². The number of carbonyl (C=O) groups is 2. The largest absolute Gasteiger partial charge is 0.454 e. The predicted octanol–water partition coefficient (Wildman–Crippen LogP) is 3.37. The zero-order valence-corrected chi connectivity index (χ0v) is 17.1. The van der Waals surface area contributed by atoms with Gasteiger partial charge in [0.05, 0.1) is 0 Å². The number of hydrogen-bond acceptors (Lipinski definition) is 6. The molecule has 0 saturated heterocycles. The van der Waals surface area contributed by atoms with Crippen molar-refractivity contribution in [1.82, 2.24) is 25.6 Å². The number of fused-ring (bicyclic) bond motifs is 4. The lowest BCUT2D eigenvalue weighted by Gasteiger charge is -2.18. The molecule has 32 heavy (non-hydrogen) atoms. The van der Waals surface area contributed by atoms with E-state index in [9.17, 15) is 9.59 Å². The molecule has 160 valence electrons. The van der Waals surface area contributed by atoms with Crippen LogP contribution in [-0.4, -0.2) is 46.0 Å². The third-order valence-electron chi connectivity index (χ3n) is 5.36. The van der Waals surface area contributed by atoms with Gasteiger partial charge in [0.25, 0.3) is 0 Å². The molecule has 9 heteroatoms. The molecule has 0 radical (unpaired) electrons. The van der Waals surface area contributed by atoms with E-state index in [1.807, 2.05) is 36.4 Å². The van der Waals surface area contributed by atoms with Crippen LogP contribution in [-0.2, 0) is 4.74 Å². The summed E-state index contributed by atoms with van der Waals surface area (Å²) in [5.41, 5.74) is 7.93. The molecule has 0 spiro atoms.